The molecule has 0 N–H and O–H groups in total. The van der Waals surface area contributed by atoms with Crippen LogP contribution >= 0.6 is 11.8 Å². The van der Waals surface area contributed by atoms with Gasteiger partial charge in [0, 0.05) is 16.5 Å². The summed E-state index contributed by atoms with van der Waals surface area (Å²) in [4.78, 5) is 4.84. The van der Waals surface area contributed by atoms with Gasteiger partial charge in [0.1, 0.15) is 30.1 Å². The number of nitrogens with zero attached hydrogens (tertiary/aromatic N) is 3. The average molecular weight is 377 g/mol. The summed E-state index contributed by atoms with van der Waals surface area (Å²) >= 11 is 1.56. The molecule has 0 spiro atoms. The van der Waals surface area contributed by atoms with E-state index in [-0.39, 0.29) is 23.2 Å². The lowest BCUT2D eigenvalue weighted by Gasteiger charge is -2.20. The minimum Gasteiger partial charge on any atom is -0.367 e. The van der Waals surface area contributed by atoms with E-state index in [0.717, 1.165) is 16.5 Å². The molecule has 0 bridgehead atoms. The Morgan fingerprint density at radius 1 is 1.08 bits per heavy atom. The fraction of sp³-hybridized carbons (Fsp3) is 0.222. The molecule has 0 unspecified atom stereocenters. The smallest absolute Gasteiger partial charge is 0.137 e. The Hall–Kier alpha value is -2.32. The number of thioether (sulfide) groups is 1. The third-order valence-electron chi connectivity index (χ3n) is 4.16. The molecular weight excluding hydrogens is 363 g/mol. The number of ether oxygens (including phenoxy) is 1. The third kappa shape index (κ3) is 3.47. The summed E-state index contributed by atoms with van der Waals surface area (Å²) in [5, 5.41) is 4.03. The molecule has 1 aliphatic heterocycles. The van der Waals surface area contributed by atoms with Crippen molar-refractivity contribution in [3.63, 3.8) is 0 Å². The number of hydrogen-bond acceptors (Lipinski definition) is 4. The molecule has 8 heteroatoms. The topological polar surface area (TPSA) is 39.9 Å². The van der Waals surface area contributed by atoms with Crippen molar-refractivity contribution in [1.29, 1.82) is 0 Å². The summed E-state index contributed by atoms with van der Waals surface area (Å²) in [6, 6.07) is 7.92. The Bertz CT molecular complexity index is 920. The summed E-state index contributed by atoms with van der Waals surface area (Å²) in [5.74, 6) is -1.66. The van der Waals surface area contributed by atoms with Crippen LogP contribution < -0.4 is 0 Å². The van der Waals surface area contributed by atoms with E-state index in [0.29, 0.717) is 6.54 Å². The van der Waals surface area contributed by atoms with Gasteiger partial charge in [0.2, 0.25) is 0 Å². The first-order valence-corrected chi connectivity index (χ1v) is 8.82. The molecule has 1 aliphatic rings. The number of aromatic nitrogens is 3. The van der Waals surface area contributed by atoms with Gasteiger partial charge < -0.3 is 4.74 Å². The first-order chi connectivity index (χ1) is 12.6. The van der Waals surface area contributed by atoms with Crippen molar-refractivity contribution in [2.75, 3.05) is 0 Å². The molecule has 134 valence electrons. The minimum absolute atomic E-state index is 0.0405. The third-order valence-corrected chi connectivity index (χ3v) is 5.49. The zero-order chi connectivity index (χ0) is 18.1. The molecule has 0 saturated heterocycles. The molecular formula is C18H14F3N3OS. The zero-order valence-corrected chi connectivity index (χ0v) is 14.3. The number of halogens is 3. The van der Waals surface area contributed by atoms with E-state index in [1.165, 1.54) is 30.6 Å². The molecule has 2 heterocycles. The second-order valence-corrected chi connectivity index (χ2v) is 7.20. The SMILES string of the molecule is Fc1ccc(CO[C@H]2c3cc(F)ccc3S[C@H]2Cn2cncn2)c(F)c1. The molecule has 1 aromatic heterocycles. The molecule has 3 aromatic rings. The zero-order valence-electron chi connectivity index (χ0n) is 13.5. The summed E-state index contributed by atoms with van der Waals surface area (Å²) in [6.07, 6.45) is 2.59. The van der Waals surface area contributed by atoms with Crippen molar-refractivity contribution in [2.45, 2.75) is 29.4 Å². The Morgan fingerprint density at radius 3 is 2.65 bits per heavy atom. The Kier molecular flexibility index (Phi) is 4.69. The standard InChI is InChI=1S/C18H14F3N3OS/c19-12-3-4-16-14(5-12)18(17(26-16)7-24-10-22-9-23-24)25-8-11-1-2-13(20)6-15(11)21/h1-6,9-10,17-18H,7-8H2/t17-,18-/m0/s1. The van der Waals surface area contributed by atoms with Crippen LogP contribution in [0.5, 0.6) is 0 Å². The van der Waals surface area contributed by atoms with Gasteiger partial charge in [0.15, 0.2) is 0 Å². The normalized spacial score (nSPS) is 18.9. The van der Waals surface area contributed by atoms with Crippen molar-refractivity contribution in [3.8, 4) is 0 Å². The maximum absolute atomic E-state index is 13.9. The minimum atomic E-state index is -0.664. The van der Waals surface area contributed by atoms with E-state index in [9.17, 15) is 13.2 Å². The predicted octanol–water partition coefficient (Wildman–Crippen LogP) is 4.13. The Balaban J connectivity index is 1.57. The molecule has 0 amide bonds. The van der Waals surface area contributed by atoms with Gasteiger partial charge in [0.25, 0.3) is 0 Å². The quantitative estimate of drug-likeness (QED) is 0.670. The summed E-state index contributed by atoms with van der Waals surface area (Å²) in [5.41, 5.74) is 0.975. The van der Waals surface area contributed by atoms with Crippen LogP contribution in [-0.2, 0) is 17.9 Å². The lowest BCUT2D eigenvalue weighted by Crippen LogP contribution is -2.20. The number of fused-ring (bicyclic) bond motifs is 1. The number of hydrogen-bond donors (Lipinski definition) is 0. The maximum atomic E-state index is 13.9. The van der Waals surface area contributed by atoms with Crippen LogP contribution in [0.2, 0.25) is 0 Å². The van der Waals surface area contributed by atoms with Gasteiger partial charge in [-0.1, -0.05) is 6.07 Å². The highest BCUT2D eigenvalue weighted by Crippen LogP contribution is 2.47. The summed E-state index contributed by atoms with van der Waals surface area (Å²) < 4.78 is 48.3. The van der Waals surface area contributed by atoms with E-state index in [2.05, 4.69) is 10.1 Å². The van der Waals surface area contributed by atoms with Crippen LogP contribution in [0.25, 0.3) is 0 Å². The van der Waals surface area contributed by atoms with Crippen LogP contribution in [0.1, 0.15) is 17.2 Å². The molecule has 0 aliphatic carbocycles. The van der Waals surface area contributed by atoms with Crippen LogP contribution in [-0.4, -0.2) is 20.0 Å². The van der Waals surface area contributed by atoms with E-state index < -0.39 is 17.7 Å². The van der Waals surface area contributed by atoms with Crippen molar-refractivity contribution in [2.24, 2.45) is 0 Å². The predicted molar refractivity (Wildman–Crippen MR) is 90.0 cm³/mol. The van der Waals surface area contributed by atoms with Crippen LogP contribution in [0.15, 0.2) is 53.9 Å². The van der Waals surface area contributed by atoms with E-state index in [4.69, 9.17) is 4.74 Å². The monoisotopic (exact) mass is 377 g/mol. The first-order valence-electron chi connectivity index (χ1n) is 7.94. The fourth-order valence-corrected chi connectivity index (χ4v) is 4.29. The van der Waals surface area contributed by atoms with Gasteiger partial charge in [-0.05, 0) is 29.8 Å². The Morgan fingerprint density at radius 2 is 1.88 bits per heavy atom. The van der Waals surface area contributed by atoms with E-state index in [1.54, 1.807) is 28.8 Å². The van der Waals surface area contributed by atoms with Gasteiger partial charge in [-0.2, -0.15) is 5.10 Å². The highest BCUT2D eigenvalue weighted by atomic mass is 32.2. The second kappa shape index (κ2) is 7.13. The van der Waals surface area contributed by atoms with Gasteiger partial charge in [0.05, 0.1) is 24.5 Å². The molecule has 4 nitrogen and oxygen atoms in total. The highest BCUT2D eigenvalue weighted by Gasteiger charge is 2.35. The van der Waals surface area contributed by atoms with Gasteiger partial charge >= 0.3 is 0 Å². The van der Waals surface area contributed by atoms with Crippen molar-refractivity contribution in [3.05, 3.63) is 77.6 Å². The highest BCUT2D eigenvalue weighted by molar-refractivity contribution is 8.00. The van der Waals surface area contributed by atoms with E-state index >= 15 is 0 Å². The van der Waals surface area contributed by atoms with Gasteiger partial charge in [-0.15, -0.1) is 11.8 Å². The van der Waals surface area contributed by atoms with Crippen molar-refractivity contribution >= 4 is 11.8 Å². The number of benzene rings is 2. The van der Waals surface area contributed by atoms with Crippen LogP contribution in [0.3, 0.4) is 0 Å². The maximum Gasteiger partial charge on any atom is 0.137 e. The molecule has 26 heavy (non-hydrogen) atoms. The summed E-state index contributed by atoms with van der Waals surface area (Å²) in [7, 11) is 0. The van der Waals surface area contributed by atoms with Gasteiger partial charge in [-0.3, -0.25) is 4.68 Å². The molecule has 4 rings (SSSR count). The van der Waals surface area contributed by atoms with Crippen LogP contribution in [0.4, 0.5) is 13.2 Å². The van der Waals surface area contributed by atoms with Crippen LogP contribution in [0, 0.1) is 17.5 Å². The fourth-order valence-electron chi connectivity index (χ4n) is 2.93. The lowest BCUT2D eigenvalue weighted by atomic mass is 10.1. The largest absolute Gasteiger partial charge is 0.367 e. The van der Waals surface area contributed by atoms with Crippen molar-refractivity contribution < 1.29 is 17.9 Å². The average Bonchev–Trinajstić information content (AvgIpc) is 3.22. The molecule has 0 radical (unpaired) electrons. The van der Waals surface area contributed by atoms with Crippen molar-refractivity contribution in [1.82, 2.24) is 14.8 Å². The molecule has 0 saturated carbocycles. The lowest BCUT2D eigenvalue weighted by molar-refractivity contribution is 0.0344. The summed E-state index contributed by atoms with van der Waals surface area (Å²) in [6.45, 7) is 0.471. The number of rotatable bonds is 5. The second-order valence-electron chi connectivity index (χ2n) is 5.92. The molecule has 2 aromatic carbocycles. The van der Waals surface area contributed by atoms with Gasteiger partial charge in [-0.25, -0.2) is 18.2 Å². The van der Waals surface area contributed by atoms with E-state index in [1.807, 2.05) is 0 Å². The molecule has 0 fully saturated rings. The molecule has 2 atom stereocenters. The first kappa shape index (κ1) is 17.1. The Labute approximate surface area is 152 Å².